The van der Waals surface area contributed by atoms with Gasteiger partial charge in [0.15, 0.2) is 5.78 Å². The maximum Gasteiger partial charge on any atom is 0.289 e. The van der Waals surface area contributed by atoms with Gasteiger partial charge in [0, 0.05) is 17.3 Å². The zero-order chi connectivity index (χ0) is 17.7. The van der Waals surface area contributed by atoms with Crippen molar-refractivity contribution in [3.8, 4) is 0 Å². The minimum Gasteiger partial charge on any atom is -0.376 e. The zero-order valence-corrected chi connectivity index (χ0v) is 13.5. The molecule has 124 valence electrons. The fourth-order valence-electron chi connectivity index (χ4n) is 2.04. The number of ketones is 1. The highest BCUT2D eigenvalue weighted by atomic mass is 35.5. The molecule has 0 saturated heterocycles. The number of halogens is 1. The fraction of sp³-hybridized carbons (Fsp3) is 0.125. The van der Waals surface area contributed by atoms with Gasteiger partial charge in [-0.25, -0.2) is 0 Å². The van der Waals surface area contributed by atoms with E-state index in [1.807, 2.05) is 0 Å². The van der Waals surface area contributed by atoms with Crippen LogP contribution in [0.3, 0.4) is 0 Å². The van der Waals surface area contributed by atoms with Crippen LogP contribution in [0.15, 0.2) is 42.5 Å². The second-order valence-electron chi connectivity index (χ2n) is 4.93. The number of benzene rings is 2. The van der Waals surface area contributed by atoms with Gasteiger partial charge in [0.1, 0.15) is 5.02 Å². The van der Waals surface area contributed by atoms with Crippen molar-refractivity contribution in [3.63, 3.8) is 0 Å². The Bertz CT molecular complexity index is 808. The van der Waals surface area contributed by atoms with Crippen molar-refractivity contribution in [3.05, 3.63) is 63.2 Å². The summed E-state index contributed by atoms with van der Waals surface area (Å²) in [5.74, 6) is -0.548. The summed E-state index contributed by atoms with van der Waals surface area (Å²) in [7, 11) is 0. The van der Waals surface area contributed by atoms with Crippen molar-refractivity contribution < 1.29 is 14.5 Å². The van der Waals surface area contributed by atoms with E-state index in [1.165, 1.54) is 25.1 Å². The zero-order valence-electron chi connectivity index (χ0n) is 12.7. The largest absolute Gasteiger partial charge is 0.376 e. The Morgan fingerprint density at radius 2 is 1.92 bits per heavy atom. The predicted molar refractivity (Wildman–Crippen MR) is 91.7 cm³/mol. The molecule has 2 N–H and O–H groups in total. The summed E-state index contributed by atoms with van der Waals surface area (Å²) in [6, 6.07) is 10.8. The number of Topliss-reactive ketones (excluding diaryl/α,β-unsaturated/α-hetero) is 1. The van der Waals surface area contributed by atoms with Crippen molar-refractivity contribution in [2.75, 3.05) is 17.2 Å². The lowest BCUT2D eigenvalue weighted by molar-refractivity contribution is -0.384. The first-order valence-corrected chi connectivity index (χ1v) is 7.34. The van der Waals surface area contributed by atoms with Crippen molar-refractivity contribution in [2.45, 2.75) is 6.92 Å². The van der Waals surface area contributed by atoms with Gasteiger partial charge in [-0.3, -0.25) is 19.7 Å². The summed E-state index contributed by atoms with van der Waals surface area (Å²) < 4.78 is 0. The normalized spacial score (nSPS) is 10.1. The van der Waals surface area contributed by atoms with Crippen LogP contribution < -0.4 is 10.6 Å². The second-order valence-corrected chi connectivity index (χ2v) is 5.33. The molecule has 7 nitrogen and oxygen atoms in total. The van der Waals surface area contributed by atoms with Crippen LogP contribution in [-0.2, 0) is 4.79 Å². The maximum atomic E-state index is 12.0. The van der Waals surface area contributed by atoms with E-state index < -0.39 is 4.92 Å². The van der Waals surface area contributed by atoms with Gasteiger partial charge >= 0.3 is 0 Å². The van der Waals surface area contributed by atoms with Gasteiger partial charge in [-0.05, 0) is 31.2 Å². The summed E-state index contributed by atoms with van der Waals surface area (Å²) in [6.07, 6.45) is 0. The molecule has 2 aromatic carbocycles. The predicted octanol–water partition coefficient (Wildman–Crippen LogP) is 3.50. The van der Waals surface area contributed by atoms with Gasteiger partial charge in [0.05, 0.1) is 17.2 Å². The van der Waals surface area contributed by atoms with E-state index in [1.54, 1.807) is 24.3 Å². The number of hydrogen-bond acceptors (Lipinski definition) is 5. The molecule has 2 rings (SSSR count). The molecule has 0 heterocycles. The van der Waals surface area contributed by atoms with Crippen molar-refractivity contribution >= 4 is 40.4 Å². The smallest absolute Gasteiger partial charge is 0.289 e. The molecule has 0 radical (unpaired) electrons. The van der Waals surface area contributed by atoms with Gasteiger partial charge in [-0.1, -0.05) is 23.7 Å². The lowest BCUT2D eigenvalue weighted by Crippen LogP contribution is -2.22. The minimum atomic E-state index is -0.601. The minimum absolute atomic E-state index is 0.0189. The third-order valence-electron chi connectivity index (χ3n) is 3.18. The van der Waals surface area contributed by atoms with E-state index in [0.29, 0.717) is 16.9 Å². The molecule has 24 heavy (non-hydrogen) atoms. The Morgan fingerprint density at radius 3 is 2.58 bits per heavy atom. The highest BCUT2D eigenvalue weighted by Crippen LogP contribution is 2.27. The number of rotatable bonds is 6. The monoisotopic (exact) mass is 347 g/mol. The molecule has 0 aliphatic heterocycles. The quantitative estimate of drug-likeness (QED) is 0.473. The highest BCUT2D eigenvalue weighted by Gasteiger charge is 2.14. The van der Waals surface area contributed by atoms with Gasteiger partial charge in [0.2, 0.25) is 5.91 Å². The van der Waals surface area contributed by atoms with E-state index in [2.05, 4.69) is 10.6 Å². The Labute approximate surface area is 142 Å². The Balaban J connectivity index is 2.03. The van der Waals surface area contributed by atoms with Gasteiger partial charge in [0.25, 0.3) is 5.69 Å². The third kappa shape index (κ3) is 4.30. The van der Waals surface area contributed by atoms with Crippen LogP contribution >= 0.6 is 11.6 Å². The number of nitrogens with one attached hydrogen (secondary N) is 2. The lowest BCUT2D eigenvalue weighted by atomic mass is 10.1. The topological polar surface area (TPSA) is 101 Å². The van der Waals surface area contributed by atoms with Crippen molar-refractivity contribution in [2.24, 2.45) is 0 Å². The van der Waals surface area contributed by atoms with Crippen LogP contribution in [-0.4, -0.2) is 23.2 Å². The van der Waals surface area contributed by atoms with Crippen LogP contribution in [0.4, 0.5) is 17.1 Å². The third-order valence-corrected chi connectivity index (χ3v) is 3.50. The van der Waals surface area contributed by atoms with E-state index in [9.17, 15) is 19.7 Å². The maximum absolute atomic E-state index is 12.0. The molecule has 0 atom stereocenters. The molecule has 0 aliphatic rings. The molecule has 0 fully saturated rings. The van der Waals surface area contributed by atoms with Crippen molar-refractivity contribution in [1.29, 1.82) is 0 Å². The van der Waals surface area contributed by atoms with E-state index >= 15 is 0 Å². The number of nitrogens with zero attached hydrogens (tertiary/aromatic N) is 1. The number of carbonyl (C=O) groups is 2. The molecule has 2 aromatic rings. The average Bonchev–Trinajstić information content (AvgIpc) is 2.54. The summed E-state index contributed by atoms with van der Waals surface area (Å²) in [4.78, 5) is 33.8. The van der Waals surface area contributed by atoms with Gasteiger partial charge in [-0.2, -0.15) is 0 Å². The van der Waals surface area contributed by atoms with Crippen LogP contribution in [0.25, 0.3) is 0 Å². The molecular weight excluding hydrogens is 334 g/mol. The number of nitro groups is 1. The van der Waals surface area contributed by atoms with Gasteiger partial charge in [-0.15, -0.1) is 0 Å². The molecule has 0 unspecified atom stereocenters. The molecule has 0 spiro atoms. The Hall–Kier alpha value is -2.93. The van der Waals surface area contributed by atoms with E-state index in [-0.39, 0.29) is 28.9 Å². The van der Waals surface area contributed by atoms with Crippen LogP contribution in [0.5, 0.6) is 0 Å². The standard InChI is InChI=1S/C16H14ClN3O4/c1-10(21)12-4-2-3-5-14(12)19-16(22)9-18-11-6-7-13(17)15(8-11)20(23)24/h2-8,18H,9H2,1H3,(H,19,22). The number of amides is 1. The highest BCUT2D eigenvalue weighted by molar-refractivity contribution is 6.32. The number of para-hydroxylation sites is 1. The van der Waals surface area contributed by atoms with E-state index in [0.717, 1.165) is 0 Å². The first kappa shape index (κ1) is 17.4. The lowest BCUT2D eigenvalue weighted by Gasteiger charge is -2.10. The molecule has 0 bridgehead atoms. The van der Waals surface area contributed by atoms with Crippen LogP contribution in [0.2, 0.25) is 5.02 Å². The molecule has 0 saturated carbocycles. The van der Waals surface area contributed by atoms with Crippen LogP contribution in [0, 0.1) is 10.1 Å². The number of hydrogen-bond donors (Lipinski definition) is 2. The fourth-order valence-corrected chi connectivity index (χ4v) is 2.22. The SMILES string of the molecule is CC(=O)c1ccccc1NC(=O)CNc1ccc(Cl)c([N+](=O)[O-])c1. The molecule has 0 aliphatic carbocycles. The molecular formula is C16H14ClN3O4. The summed E-state index contributed by atoms with van der Waals surface area (Å²) in [6.45, 7) is 1.29. The van der Waals surface area contributed by atoms with Gasteiger partial charge < -0.3 is 10.6 Å². The van der Waals surface area contributed by atoms with Crippen LogP contribution in [0.1, 0.15) is 17.3 Å². The molecule has 1 amide bonds. The molecule has 8 heteroatoms. The summed E-state index contributed by atoms with van der Waals surface area (Å²) in [5.41, 5.74) is 0.969. The first-order valence-electron chi connectivity index (χ1n) is 6.96. The summed E-state index contributed by atoms with van der Waals surface area (Å²) >= 11 is 5.73. The summed E-state index contributed by atoms with van der Waals surface area (Å²) in [5, 5.41) is 16.3. The first-order chi connectivity index (χ1) is 11.4. The Kier molecular flexibility index (Phi) is 5.49. The number of anilines is 2. The number of nitro benzene ring substituents is 1. The Morgan fingerprint density at radius 1 is 1.21 bits per heavy atom. The number of carbonyl (C=O) groups excluding carboxylic acids is 2. The average molecular weight is 348 g/mol. The second kappa shape index (κ2) is 7.56. The van der Waals surface area contributed by atoms with E-state index in [4.69, 9.17) is 11.6 Å². The van der Waals surface area contributed by atoms with Crippen molar-refractivity contribution in [1.82, 2.24) is 0 Å². The molecule has 0 aromatic heterocycles.